The maximum absolute atomic E-state index is 11.9. The Balaban J connectivity index is 0.00000450. The van der Waals surface area contributed by atoms with Crippen molar-refractivity contribution in [3.8, 4) is 17.5 Å². The fraction of sp³-hybridized carbons (Fsp3) is 0.250. The second kappa shape index (κ2) is 11.5. The van der Waals surface area contributed by atoms with E-state index in [1.807, 2.05) is 0 Å². The number of methoxy groups -OCH3 is 2. The van der Waals surface area contributed by atoms with E-state index in [2.05, 4.69) is 20.0 Å². The first-order valence-corrected chi connectivity index (χ1v) is 9.35. The second-order valence-electron chi connectivity index (χ2n) is 5.05. The van der Waals surface area contributed by atoms with E-state index in [1.165, 1.54) is 44.6 Å². The number of carbonyl (C=O) groups excluding carboxylic acids is 2. The molecule has 12 nitrogen and oxygen atoms in total. The van der Waals surface area contributed by atoms with Gasteiger partial charge >= 0.3 is 45.8 Å². The SMILES string of the molecule is CCOC(=O)c1ccc(OS(=O)(=O)[N-]C(=O)Nc2nc(OC)cc(OC)n2)cc1.[Na+]. The number of nitrogens with one attached hydrogen (secondary N) is 1. The van der Waals surface area contributed by atoms with Crippen molar-refractivity contribution >= 4 is 28.3 Å². The van der Waals surface area contributed by atoms with Crippen LogP contribution in [0.3, 0.4) is 0 Å². The summed E-state index contributed by atoms with van der Waals surface area (Å²) in [5.41, 5.74) is 0.204. The molecule has 0 fully saturated rings. The van der Waals surface area contributed by atoms with Gasteiger partial charge in [0.15, 0.2) is 12.0 Å². The van der Waals surface area contributed by atoms with Crippen LogP contribution in [0.15, 0.2) is 30.3 Å². The van der Waals surface area contributed by atoms with E-state index in [-0.39, 0.29) is 65.2 Å². The van der Waals surface area contributed by atoms with Gasteiger partial charge in [-0.15, -0.1) is 0 Å². The van der Waals surface area contributed by atoms with Crippen LogP contribution in [0.1, 0.15) is 17.3 Å². The molecule has 2 rings (SSSR count). The second-order valence-corrected chi connectivity index (χ2v) is 6.26. The van der Waals surface area contributed by atoms with Gasteiger partial charge in [0.2, 0.25) is 11.8 Å². The summed E-state index contributed by atoms with van der Waals surface area (Å²) in [6.45, 7) is 1.85. The third kappa shape index (κ3) is 7.67. The monoisotopic (exact) mass is 448 g/mol. The quantitative estimate of drug-likeness (QED) is 0.388. The molecule has 0 atom stereocenters. The summed E-state index contributed by atoms with van der Waals surface area (Å²) in [5.74, 6) is -0.863. The topological polar surface area (TPSA) is 157 Å². The molecule has 2 aromatic rings. The first-order valence-electron chi connectivity index (χ1n) is 7.99. The van der Waals surface area contributed by atoms with Crippen molar-refractivity contribution in [3.63, 3.8) is 0 Å². The maximum Gasteiger partial charge on any atom is 1.00 e. The zero-order valence-corrected chi connectivity index (χ0v) is 19.4. The summed E-state index contributed by atoms with van der Waals surface area (Å²) in [7, 11) is -1.98. The Labute approximate surface area is 194 Å². The Morgan fingerprint density at radius 1 is 1.07 bits per heavy atom. The zero-order chi connectivity index (χ0) is 21.4. The van der Waals surface area contributed by atoms with Gasteiger partial charge in [-0.1, -0.05) is 0 Å². The summed E-state index contributed by atoms with van der Waals surface area (Å²) in [6, 6.07) is 5.09. The van der Waals surface area contributed by atoms with Crippen LogP contribution in [0.4, 0.5) is 10.7 Å². The van der Waals surface area contributed by atoms with Crippen LogP contribution in [0.25, 0.3) is 4.72 Å². The molecule has 0 saturated heterocycles. The number of benzene rings is 1. The predicted molar refractivity (Wildman–Crippen MR) is 99.5 cm³/mol. The molecule has 1 N–H and O–H groups in total. The molecule has 156 valence electrons. The van der Waals surface area contributed by atoms with Gasteiger partial charge in [-0.25, -0.2) is 4.79 Å². The molecule has 0 aliphatic rings. The summed E-state index contributed by atoms with van der Waals surface area (Å²) in [6.07, 6.45) is 0. The molecule has 0 unspecified atom stereocenters. The number of hydrogen-bond donors (Lipinski definition) is 1. The van der Waals surface area contributed by atoms with Crippen LogP contribution < -0.4 is 48.5 Å². The van der Waals surface area contributed by atoms with Gasteiger partial charge in [0, 0.05) is 0 Å². The smallest absolute Gasteiger partial charge is 0.481 e. The molecule has 0 radical (unpaired) electrons. The number of aromatic nitrogens is 2. The first kappa shape index (κ1) is 25.4. The van der Waals surface area contributed by atoms with Crippen LogP contribution >= 0.6 is 0 Å². The fourth-order valence-electron chi connectivity index (χ4n) is 1.89. The van der Waals surface area contributed by atoms with Gasteiger partial charge < -0.3 is 23.7 Å². The van der Waals surface area contributed by atoms with Crippen LogP contribution in [0.5, 0.6) is 17.5 Å². The number of hydrogen-bond acceptors (Lipinski definition) is 10. The Bertz CT molecular complexity index is 963. The van der Waals surface area contributed by atoms with E-state index in [9.17, 15) is 18.0 Å². The number of amides is 2. The molecule has 14 heteroatoms. The number of ether oxygens (including phenoxy) is 3. The standard InChI is InChI=1S/C16H18N4O8S.Na/c1-4-27-14(21)10-5-7-11(8-6-10)28-29(23,24)20-16(22)19-15-17-12(25-2)9-13(18-15)26-3;/h5-9H,4H2,1-3H3,(H2,17,18,19,20,22);/q;+1/p-1. The molecule has 0 aliphatic carbocycles. The molecule has 0 saturated carbocycles. The van der Waals surface area contributed by atoms with E-state index in [0.717, 1.165) is 0 Å². The van der Waals surface area contributed by atoms with Gasteiger partial charge in [-0.3, -0.25) is 9.52 Å². The van der Waals surface area contributed by atoms with Crippen LogP contribution in [-0.2, 0) is 15.0 Å². The average Bonchev–Trinajstić information content (AvgIpc) is 2.67. The molecule has 1 heterocycles. The minimum Gasteiger partial charge on any atom is -0.481 e. The molecule has 1 aromatic carbocycles. The van der Waals surface area contributed by atoms with Crippen molar-refractivity contribution in [2.45, 2.75) is 6.92 Å². The molecule has 0 bridgehead atoms. The van der Waals surface area contributed by atoms with E-state index < -0.39 is 22.3 Å². The molecule has 2 amide bonds. The normalized spacial score (nSPS) is 10.2. The molecule has 0 spiro atoms. The number of urea groups is 1. The average molecular weight is 448 g/mol. The number of carbonyl (C=O) groups is 2. The first-order chi connectivity index (χ1) is 13.8. The largest absolute Gasteiger partial charge is 1.00 e. The van der Waals surface area contributed by atoms with Crippen molar-refractivity contribution in [2.75, 3.05) is 26.1 Å². The Morgan fingerprint density at radius 2 is 1.63 bits per heavy atom. The Morgan fingerprint density at radius 3 is 2.13 bits per heavy atom. The Hall–Kier alpha value is -2.61. The molecular formula is C16H17N4NaO8S. The van der Waals surface area contributed by atoms with Gasteiger partial charge in [-0.05, 0) is 31.2 Å². The van der Waals surface area contributed by atoms with Gasteiger partial charge in [-0.2, -0.15) is 18.4 Å². The van der Waals surface area contributed by atoms with Gasteiger partial charge in [0.25, 0.3) is 0 Å². The molecule has 0 aliphatic heterocycles. The molecular weight excluding hydrogens is 431 g/mol. The van der Waals surface area contributed by atoms with E-state index in [1.54, 1.807) is 6.92 Å². The number of nitrogens with zero attached hydrogens (tertiary/aromatic N) is 3. The summed E-state index contributed by atoms with van der Waals surface area (Å²) in [5, 5.41) is 2.06. The number of anilines is 1. The maximum atomic E-state index is 11.9. The third-order valence-electron chi connectivity index (χ3n) is 3.08. The van der Waals surface area contributed by atoms with Crippen LogP contribution in [0.2, 0.25) is 0 Å². The van der Waals surface area contributed by atoms with E-state index in [4.69, 9.17) is 18.4 Å². The zero-order valence-electron chi connectivity index (χ0n) is 16.6. The summed E-state index contributed by atoms with van der Waals surface area (Å²) in [4.78, 5) is 31.1. The minimum atomic E-state index is -4.65. The summed E-state index contributed by atoms with van der Waals surface area (Å²) >= 11 is 0. The summed E-state index contributed by atoms with van der Waals surface area (Å²) < 4.78 is 46.1. The molecule has 30 heavy (non-hydrogen) atoms. The van der Waals surface area contributed by atoms with Crippen LogP contribution in [-0.4, -0.2) is 51.2 Å². The van der Waals surface area contributed by atoms with E-state index >= 15 is 0 Å². The van der Waals surface area contributed by atoms with Crippen molar-refractivity contribution in [3.05, 3.63) is 40.6 Å². The van der Waals surface area contributed by atoms with E-state index in [0.29, 0.717) is 0 Å². The number of esters is 1. The van der Waals surface area contributed by atoms with Crippen molar-refractivity contribution in [1.82, 2.24) is 9.97 Å². The van der Waals surface area contributed by atoms with Gasteiger partial charge in [0.05, 0.1) is 32.5 Å². The Kier molecular flexibility index (Phi) is 9.78. The number of rotatable bonds is 8. The van der Waals surface area contributed by atoms with Crippen molar-refractivity contribution < 1.29 is 66.0 Å². The molecule has 1 aromatic heterocycles. The minimum absolute atomic E-state index is 0. The van der Waals surface area contributed by atoms with Crippen LogP contribution in [0, 0.1) is 0 Å². The van der Waals surface area contributed by atoms with Crippen molar-refractivity contribution in [2.24, 2.45) is 0 Å². The predicted octanol–water partition coefficient (Wildman–Crippen LogP) is -1.10. The van der Waals surface area contributed by atoms with Crippen molar-refractivity contribution in [1.29, 1.82) is 0 Å². The third-order valence-corrected chi connectivity index (χ3v) is 3.87. The van der Waals surface area contributed by atoms with Gasteiger partial charge in [0.1, 0.15) is 5.75 Å². The fourth-order valence-corrected chi connectivity index (χ4v) is 2.53.